The van der Waals surface area contributed by atoms with Crippen LogP contribution in [0, 0.1) is 5.92 Å². The minimum absolute atomic E-state index is 0.244. The zero-order chi connectivity index (χ0) is 15.9. The molecule has 24 heavy (non-hydrogen) atoms. The predicted octanol–water partition coefficient (Wildman–Crippen LogP) is 4.56. The van der Waals surface area contributed by atoms with Crippen LogP contribution in [0.25, 0.3) is 21.5 Å². The molecule has 2 fully saturated rings. The maximum atomic E-state index is 6.27. The molecule has 1 saturated carbocycles. The second-order valence-corrected chi connectivity index (χ2v) is 6.77. The Morgan fingerprint density at radius 3 is 1.62 bits per heavy atom. The van der Waals surface area contributed by atoms with Crippen LogP contribution in [0.5, 0.6) is 11.5 Å². The van der Waals surface area contributed by atoms with Gasteiger partial charge in [-0.05, 0) is 18.8 Å². The van der Waals surface area contributed by atoms with E-state index in [1.807, 2.05) is 0 Å². The van der Waals surface area contributed by atoms with Gasteiger partial charge in [-0.3, -0.25) is 0 Å². The summed E-state index contributed by atoms with van der Waals surface area (Å²) in [5, 5.41) is 4.48. The predicted molar refractivity (Wildman–Crippen MR) is 94.9 cm³/mol. The van der Waals surface area contributed by atoms with E-state index in [-0.39, 0.29) is 6.10 Å². The number of hydrogen-bond donors (Lipinski definition) is 0. The average molecular weight is 320 g/mol. The largest absolute Gasteiger partial charge is 0.492 e. The van der Waals surface area contributed by atoms with E-state index in [4.69, 9.17) is 14.2 Å². The van der Waals surface area contributed by atoms with Crippen molar-refractivity contribution in [2.45, 2.75) is 18.9 Å². The standard InChI is InChI=1S/C21H20O3/c1-3-7-18-16(5-1)20(23-11-14-9-10-14)17-6-2-4-8-19(17)21(18)24-13-15-12-22-15/h1-8,14-15H,9-13H2. The zero-order valence-corrected chi connectivity index (χ0v) is 13.5. The summed E-state index contributed by atoms with van der Waals surface area (Å²) in [5.41, 5.74) is 0. The molecule has 1 unspecified atom stereocenters. The smallest absolute Gasteiger partial charge is 0.135 e. The number of fused-ring (bicyclic) bond motifs is 2. The first-order valence-corrected chi connectivity index (χ1v) is 8.71. The summed E-state index contributed by atoms with van der Waals surface area (Å²) in [6.07, 6.45) is 2.82. The fourth-order valence-electron chi connectivity index (χ4n) is 3.19. The Labute approximate surface area is 141 Å². The summed E-state index contributed by atoms with van der Waals surface area (Å²) in [7, 11) is 0. The first-order chi connectivity index (χ1) is 11.9. The fraction of sp³-hybridized carbons (Fsp3) is 0.333. The first kappa shape index (κ1) is 14.1. The van der Waals surface area contributed by atoms with Crippen LogP contribution in [0.15, 0.2) is 48.5 Å². The second kappa shape index (κ2) is 5.67. The van der Waals surface area contributed by atoms with Gasteiger partial charge in [0.15, 0.2) is 0 Å². The van der Waals surface area contributed by atoms with Gasteiger partial charge in [0.2, 0.25) is 0 Å². The quantitative estimate of drug-likeness (QED) is 0.493. The lowest BCUT2D eigenvalue weighted by atomic mass is 10.0. The molecule has 1 saturated heterocycles. The molecule has 5 rings (SSSR count). The van der Waals surface area contributed by atoms with E-state index < -0.39 is 0 Å². The number of rotatable bonds is 6. The molecular formula is C21H20O3. The normalized spacial score (nSPS) is 19.6. The molecule has 0 N–H and O–H groups in total. The molecule has 0 amide bonds. The Bertz CT molecular complexity index is 763. The van der Waals surface area contributed by atoms with E-state index in [2.05, 4.69) is 48.5 Å². The highest BCUT2D eigenvalue weighted by Crippen LogP contribution is 2.43. The van der Waals surface area contributed by atoms with Crippen molar-refractivity contribution in [3.05, 3.63) is 48.5 Å². The van der Waals surface area contributed by atoms with E-state index in [1.165, 1.54) is 12.8 Å². The second-order valence-electron chi connectivity index (χ2n) is 6.77. The molecule has 3 aromatic carbocycles. The minimum atomic E-state index is 0.244. The van der Waals surface area contributed by atoms with Crippen molar-refractivity contribution in [3.63, 3.8) is 0 Å². The SMILES string of the molecule is c1ccc2c(OCC3CO3)c3ccccc3c(OCC3CC3)c2c1. The van der Waals surface area contributed by atoms with Gasteiger partial charge in [0, 0.05) is 21.5 Å². The molecule has 1 heterocycles. The third-order valence-corrected chi connectivity index (χ3v) is 4.81. The van der Waals surface area contributed by atoms with Crippen molar-refractivity contribution in [1.29, 1.82) is 0 Å². The molecule has 1 aliphatic carbocycles. The molecule has 3 heteroatoms. The van der Waals surface area contributed by atoms with Gasteiger partial charge in [0.25, 0.3) is 0 Å². The monoisotopic (exact) mass is 320 g/mol. The molecule has 122 valence electrons. The maximum absolute atomic E-state index is 6.27. The van der Waals surface area contributed by atoms with E-state index in [0.29, 0.717) is 6.61 Å². The number of hydrogen-bond acceptors (Lipinski definition) is 3. The van der Waals surface area contributed by atoms with Crippen molar-refractivity contribution in [1.82, 2.24) is 0 Å². The number of ether oxygens (including phenoxy) is 3. The summed E-state index contributed by atoms with van der Waals surface area (Å²) in [6.45, 7) is 2.22. The minimum Gasteiger partial charge on any atom is -0.492 e. The van der Waals surface area contributed by atoms with Crippen LogP contribution in [0.3, 0.4) is 0 Å². The zero-order valence-electron chi connectivity index (χ0n) is 13.5. The molecule has 0 bridgehead atoms. The molecule has 0 aromatic heterocycles. The number of benzene rings is 3. The Kier molecular flexibility index (Phi) is 3.34. The lowest BCUT2D eigenvalue weighted by Crippen LogP contribution is -2.06. The van der Waals surface area contributed by atoms with Crippen LogP contribution in [0.4, 0.5) is 0 Å². The molecule has 0 radical (unpaired) electrons. The molecule has 3 nitrogen and oxygen atoms in total. The Hall–Kier alpha value is -2.26. The molecule has 1 atom stereocenters. The Morgan fingerprint density at radius 1 is 0.750 bits per heavy atom. The van der Waals surface area contributed by atoms with Crippen LogP contribution in [0.1, 0.15) is 12.8 Å². The first-order valence-electron chi connectivity index (χ1n) is 8.71. The van der Waals surface area contributed by atoms with Gasteiger partial charge in [-0.25, -0.2) is 0 Å². The molecule has 0 spiro atoms. The third-order valence-electron chi connectivity index (χ3n) is 4.81. The van der Waals surface area contributed by atoms with Gasteiger partial charge < -0.3 is 14.2 Å². The van der Waals surface area contributed by atoms with Crippen LogP contribution in [-0.4, -0.2) is 25.9 Å². The summed E-state index contributed by atoms with van der Waals surface area (Å²) >= 11 is 0. The molecular weight excluding hydrogens is 300 g/mol. The summed E-state index contributed by atoms with van der Waals surface area (Å²) < 4.78 is 17.7. The highest BCUT2D eigenvalue weighted by Gasteiger charge is 2.26. The van der Waals surface area contributed by atoms with Crippen LogP contribution < -0.4 is 9.47 Å². The van der Waals surface area contributed by atoms with Crippen LogP contribution in [-0.2, 0) is 4.74 Å². The van der Waals surface area contributed by atoms with Gasteiger partial charge in [-0.15, -0.1) is 0 Å². The molecule has 2 aliphatic rings. The van der Waals surface area contributed by atoms with E-state index in [1.54, 1.807) is 0 Å². The van der Waals surface area contributed by atoms with E-state index in [0.717, 1.165) is 52.2 Å². The van der Waals surface area contributed by atoms with Gasteiger partial charge in [-0.2, -0.15) is 0 Å². The fourth-order valence-corrected chi connectivity index (χ4v) is 3.19. The van der Waals surface area contributed by atoms with Crippen LogP contribution in [0.2, 0.25) is 0 Å². The summed E-state index contributed by atoms with van der Waals surface area (Å²) in [4.78, 5) is 0. The highest BCUT2D eigenvalue weighted by atomic mass is 16.6. The van der Waals surface area contributed by atoms with Crippen molar-refractivity contribution < 1.29 is 14.2 Å². The van der Waals surface area contributed by atoms with Crippen LogP contribution >= 0.6 is 0 Å². The van der Waals surface area contributed by atoms with Crippen molar-refractivity contribution in [3.8, 4) is 11.5 Å². The average Bonchev–Trinajstić information content (AvgIpc) is 3.53. The van der Waals surface area contributed by atoms with E-state index >= 15 is 0 Å². The summed E-state index contributed by atoms with van der Waals surface area (Å²) in [5.74, 6) is 2.66. The number of epoxide rings is 1. The van der Waals surface area contributed by atoms with Crippen molar-refractivity contribution >= 4 is 21.5 Å². The maximum Gasteiger partial charge on any atom is 0.135 e. The molecule has 1 aliphatic heterocycles. The molecule has 3 aromatic rings. The van der Waals surface area contributed by atoms with Crippen molar-refractivity contribution in [2.24, 2.45) is 5.92 Å². The van der Waals surface area contributed by atoms with Gasteiger partial charge in [-0.1, -0.05) is 48.5 Å². The van der Waals surface area contributed by atoms with Gasteiger partial charge in [0.1, 0.15) is 24.2 Å². The van der Waals surface area contributed by atoms with Crippen molar-refractivity contribution in [2.75, 3.05) is 19.8 Å². The highest BCUT2D eigenvalue weighted by molar-refractivity contribution is 6.11. The third kappa shape index (κ3) is 2.59. The summed E-state index contributed by atoms with van der Waals surface area (Å²) in [6, 6.07) is 16.7. The lowest BCUT2D eigenvalue weighted by Gasteiger charge is -2.17. The Morgan fingerprint density at radius 2 is 1.21 bits per heavy atom. The Balaban J connectivity index is 1.68. The van der Waals surface area contributed by atoms with E-state index in [9.17, 15) is 0 Å². The topological polar surface area (TPSA) is 31.0 Å². The van der Waals surface area contributed by atoms with Gasteiger partial charge in [0.05, 0.1) is 13.2 Å². The lowest BCUT2D eigenvalue weighted by molar-refractivity contribution is 0.267. The van der Waals surface area contributed by atoms with Gasteiger partial charge >= 0.3 is 0 Å².